The Labute approximate surface area is 208 Å². The highest BCUT2D eigenvalue weighted by atomic mass is 32.2. The van der Waals surface area contributed by atoms with Gasteiger partial charge in [0.1, 0.15) is 16.8 Å². The molecule has 1 aromatic carbocycles. The van der Waals surface area contributed by atoms with Crippen LogP contribution in [0.1, 0.15) is 30.4 Å². The van der Waals surface area contributed by atoms with Crippen molar-refractivity contribution in [2.24, 2.45) is 4.99 Å². The largest absolute Gasteiger partial charge is 0.861 e. The quantitative estimate of drug-likeness (QED) is 0.203. The molecule has 188 valence electrons. The van der Waals surface area contributed by atoms with Gasteiger partial charge >= 0.3 is 12.1 Å². The molecule has 0 spiro atoms. The Bertz CT molecular complexity index is 1280. The predicted molar refractivity (Wildman–Crippen MR) is 122 cm³/mol. The van der Waals surface area contributed by atoms with Crippen molar-refractivity contribution in [1.82, 2.24) is 10.3 Å². The fourth-order valence-electron chi connectivity index (χ4n) is 3.65. The summed E-state index contributed by atoms with van der Waals surface area (Å²) >= 11 is 0.700. The number of nitriles is 1. The molecule has 0 atom stereocenters. The number of rotatable bonds is 7. The molecule has 1 fully saturated rings. The van der Waals surface area contributed by atoms with Crippen molar-refractivity contribution in [3.8, 4) is 23.1 Å². The lowest BCUT2D eigenvalue weighted by Gasteiger charge is -2.17. The van der Waals surface area contributed by atoms with E-state index in [1.165, 1.54) is 18.1 Å². The molecule has 0 amide bonds. The molecule has 4 rings (SSSR count). The summed E-state index contributed by atoms with van der Waals surface area (Å²) in [7, 11) is 1.47. The van der Waals surface area contributed by atoms with E-state index in [9.17, 15) is 23.5 Å². The van der Waals surface area contributed by atoms with E-state index < -0.39 is 23.2 Å². The van der Waals surface area contributed by atoms with E-state index in [-0.39, 0.29) is 22.4 Å². The molecule has 13 heteroatoms. The van der Waals surface area contributed by atoms with Crippen molar-refractivity contribution in [2.75, 3.05) is 31.0 Å². The van der Waals surface area contributed by atoms with Crippen LogP contribution in [-0.4, -0.2) is 42.1 Å². The molecule has 0 N–H and O–H groups in total. The van der Waals surface area contributed by atoms with Crippen molar-refractivity contribution < 1.29 is 32.3 Å². The fourth-order valence-corrected chi connectivity index (χ4v) is 4.43. The van der Waals surface area contributed by atoms with E-state index in [1.54, 1.807) is 30.3 Å². The second-order valence-corrected chi connectivity index (χ2v) is 8.81. The molecule has 36 heavy (non-hydrogen) atoms. The highest BCUT2D eigenvalue weighted by molar-refractivity contribution is 7.99. The molecule has 0 bridgehead atoms. The van der Waals surface area contributed by atoms with E-state index >= 15 is 0 Å². The van der Waals surface area contributed by atoms with Crippen molar-refractivity contribution >= 4 is 23.5 Å². The SMILES string of the molecule is COc1ccc(-c2cc(C(F)(F)F)c(C#N)c(SC/C([O-])=N/c3c[n+](N4CCCCC4)no3)n2)cc1. The molecule has 1 aliphatic rings. The minimum Gasteiger partial charge on any atom is -0.861 e. The summed E-state index contributed by atoms with van der Waals surface area (Å²) in [4.78, 5) is 9.57. The summed E-state index contributed by atoms with van der Waals surface area (Å²) < 4.78 is 51.4. The lowest BCUT2D eigenvalue weighted by atomic mass is 10.1. The number of aromatic nitrogens is 3. The van der Waals surface area contributed by atoms with E-state index in [0.717, 1.165) is 38.4 Å². The Morgan fingerprint density at radius 3 is 2.64 bits per heavy atom. The Morgan fingerprint density at radius 1 is 1.28 bits per heavy atom. The van der Waals surface area contributed by atoms with Gasteiger partial charge < -0.3 is 9.84 Å². The van der Waals surface area contributed by atoms with Crippen LogP contribution in [0.3, 0.4) is 0 Å². The molecule has 0 radical (unpaired) electrons. The summed E-state index contributed by atoms with van der Waals surface area (Å²) in [6, 6.07) is 8.70. The number of piperidine rings is 1. The fraction of sp³-hybridized carbons (Fsp3) is 0.348. The van der Waals surface area contributed by atoms with Crippen LogP contribution >= 0.6 is 11.8 Å². The summed E-state index contributed by atoms with van der Waals surface area (Å²) in [5.74, 6) is -0.520. The van der Waals surface area contributed by atoms with Gasteiger partial charge in [-0.05, 0) is 55.5 Å². The summed E-state index contributed by atoms with van der Waals surface area (Å²) in [5, 5.41) is 27.5. The number of methoxy groups -OCH3 is 1. The maximum absolute atomic E-state index is 13.8. The van der Waals surface area contributed by atoms with Crippen LogP contribution in [0.25, 0.3) is 11.3 Å². The molecule has 0 unspecified atom stereocenters. The van der Waals surface area contributed by atoms with Crippen LogP contribution in [0.5, 0.6) is 5.75 Å². The first-order valence-corrected chi connectivity index (χ1v) is 11.9. The standard InChI is InChI=1S/C23H21F3N6O3S/c1-34-16-7-5-15(6-8-16)19-11-18(23(24,25)26)17(12-27)22(28-19)36-14-20(33)29-21-13-32(30-35-21)31-9-3-2-4-10-31/h5-8,11,13H,2-4,9-10,14H2,1H3. The first-order chi connectivity index (χ1) is 17.3. The molecule has 2 aromatic heterocycles. The number of halogens is 3. The molecule has 3 aromatic rings. The molecule has 0 saturated carbocycles. The van der Waals surface area contributed by atoms with Crippen LogP contribution in [-0.2, 0) is 6.18 Å². The summed E-state index contributed by atoms with van der Waals surface area (Å²) in [5.41, 5.74) is -1.38. The average molecular weight is 519 g/mol. The number of hydrogen-bond donors (Lipinski definition) is 0. The Balaban J connectivity index is 1.58. The minimum absolute atomic E-state index is 0.00803. The second-order valence-electron chi connectivity index (χ2n) is 7.84. The third-order valence-electron chi connectivity index (χ3n) is 5.42. The van der Waals surface area contributed by atoms with Gasteiger partial charge in [-0.1, -0.05) is 11.8 Å². The second kappa shape index (κ2) is 10.9. The van der Waals surface area contributed by atoms with Crippen LogP contribution < -0.4 is 19.6 Å². The number of aliphatic imine (C=N–C) groups is 1. The number of nitrogens with zero attached hydrogens (tertiary/aromatic N) is 6. The predicted octanol–water partition coefficient (Wildman–Crippen LogP) is 3.23. The van der Waals surface area contributed by atoms with Gasteiger partial charge in [-0.25, -0.2) is 9.98 Å². The maximum Gasteiger partial charge on any atom is 0.417 e. The van der Waals surface area contributed by atoms with Crippen molar-refractivity contribution in [3.63, 3.8) is 0 Å². The Hall–Kier alpha value is -3.79. The normalized spacial score (nSPS) is 14.5. The zero-order valence-corrected chi connectivity index (χ0v) is 20.0. The van der Waals surface area contributed by atoms with Crippen LogP contribution in [0, 0.1) is 11.3 Å². The molecule has 0 aliphatic carbocycles. The number of alkyl halides is 3. The zero-order valence-electron chi connectivity index (χ0n) is 19.2. The molecular formula is C23H21F3N6O3S. The highest BCUT2D eigenvalue weighted by Gasteiger charge is 2.36. The van der Waals surface area contributed by atoms with Gasteiger partial charge in [-0.2, -0.15) is 23.4 Å². The smallest absolute Gasteiger partial charge is 0.417 e. The Kier molecular flexibility index (Phi) is 7.64. The lowest BCUT2D eigenvalue weighted by Crippen LogP contribution is -2.60. The van der Waals surface area contributed by atoms with Crippen LogP contribution in [0.4, 0.5) is 19.1 Å². The average Bonchev–Trinajstić information content (AvgIpc) is 3.35. The summed E-state index contributed by atoms with van der Waals surface area (Å²) in [6.07, 6.45) is -0.146. The third-order valence-corrected chi connectivity index (χ3v) is 6.38. The monoisotopic (exact) mass is 518 g/mol. The first-order valence-electron chi connectivity index (χ1n) is 11.0. The van der Waals surface area contributed by atoms with E-state index in [1.807, 2.05) is 5.01 Å². The van der Waals surface area contributed by atoms with Gasteiger partial charge in [-0.15, -0.1) is 0 Å². The zero-order chi connectivity index (χ0) is 25.7. The lowest BCUT2D eigenvalue weighted by molar-refractivity contribution is -0.759. The van der Waals surface area contributed by atoms with Crippen molar-refractivity contribution in [1.29, 1.82) is 5.26 Å². The molecule has 1 saturated heterocycles. The number of benzene rings is 1. The highest BCUT2D eigenvalue weighted by Crippen LogP contribution is 2.38. The van der Waals surface area contributed by atoms with Crippen molar-refractivity contribution in [3.05, 3.63) is 47.7 Å². The van der Waals surface area contributed by atoms with Gasteiger partial charge in [0.25, 0.3) is 6.20 Å². The number of hydrogen-bond acceptors (Lipinski definition) is 9. The van der Waals surface area contributed by atoms with Crippen LogP contribution in [0.2, 0.25) is 0 Å². The number of pyridine rings is 1. The number of thioether (sulfide) groups is 1. The van der Waals surface area contributed by atoms with Gasteiger partial charge in [0.15, 0.2) is 0 Å². The number of ether oxygens (including phenoxy) is 1. The van der Waals surface area contributed by atoms with Gasteiger partial charge in [0.05, 0.1) is 41.8 Å². The Morgan fingerprint density at radius 2 is 2.00 bits per heavy atom. The van der Waals surface area contributed by atoms with Crippen molar-refractivity contribution in [2.45, 2.75) is 30.5 Å². The van der Waals surface area contributed by atoms with Gasteiger partial charge in [0, 0.05) is 11.3 Å². The molecular weight excluding hydrogens is 497 g/mol. The van der Waals surface area contributed by atoms with E-state index in [0.29, 0.717) is 23.1 Å². The minimum atomic E-state index is -4.79. The third kappa shape index (κ3) is 5.88. The summed E-state index contributed by atoms with van der Waals surface area (Å²) in [6.45, 7) is 1.60. The van der Waals surface area contributed by atoms with E-state index in [2.05, 4.69) is 15.2 Å². The maximum atomic E-state index is 13.8. The molecule has 3 heterocycles. The first kappa shape index (κ1) is 25.3. The molecule has 1 aliphatic heterocycles. The van der Waals surface area contributed by atoms with Crippen LogP contribution in [0.15, 0.2) is 51.1 Å². The topological polar surface area (TPSA) is 114 Å². The van der Waals surface area contributed by atoms with Gasteiger partial charge in [-0.3, -0.25) is 4.52 Å². The van der Waals surface area contributed by atoms with E-state index in [4.69, 9.17) is 9.26 Å². The molecule has 9 nitrogen and oxygen atoms in total. The van der Waals surface area contributed by atoms with Gasteiger partial charge in [0.2, 0.25) is 5.27 Å².